The number of hydrogen-bond donors (Lipinski definition) is 1. The lowest BCUT2D eigenvalue weighted by atomic mass is 9.81. The number of esters is 1. The van der Waals surface area contributed by atoms with Crippen LogP contribution < -0.4 is 5.32 Å². The van der Waals surface area contributed by atoms with Crippen LogP contribution in [0.25, 0.3) is 0 Å². The summed E-state index contributed by atoms with van der Waals surface area (Å²) < 4.78 is 5.39. The molecule has 2 unspecified atom stereocenters. The van der Waals surface area contributed by atoms with Crippen LogP contribution in [0.5, 0.6) is 0 Å². The molecular formula is C28H34N2O4. The van der Waals surface area contributed by atoms with E-state index in [0.29, 0.717) is 16.8 Å². The predicted octanol–water partition coefficient (Wildman–Crippen LogP) is 4.88. The van der Waals surface area contributed by atoms with Gasteiger partial charge in [0.2, 0.25) is 5.91 Å². The number of amides is 2. The van der Waals surface area contributed by atoms with Gasteiger partial charge in [0, 0.05) is 29.6 Å². The first-order valence-corrected chi connectivity index (χ1v) is 11.9. The van der Waals surface area contributed by atoms with Gasteiger partial charge in [-0.3, -0.25) is 9.59 Å². The van der Waals surface area contributed by atoms with Gasteiger partial charge in [-0.25, -0.2) is 4.79 Å². The first-order valence-electron chi connectivity index (χ1n) is 11.9. The molecule has 1 N–H and O–H groups in total. The molecule has 3 rings (SSSR count). The van der Waals surface area contributed by atoms with Crippen molar-refractivity contribution >= 4 is 17.8 Å². The minimum absolute atomic E-state index is 0.0618. The molecule has 2 aromatic carbocycles. The highest BCUT2D eigenvalue weighted by Gasteiger charge is 2.37. The van der Waals surface area contributed by atoms with Gasteiger partial charge in [0.05, 0.1) is 18.7 Å². The van der Waals surface area contributed by atoms with Crippen LogP contribution in [0, 0.1) is 6.92 Å². The molecule has 0 aliphatic carbocycles. The summed E-state index contributed by atoms with van der Waals surface area (Å²) in [6, 6.07) is 15.2. The van der Waals surface area contributed by atoms with Crippen LogP contribution in [-0.4, -0.2) is 35.3 Å². The molecule has 1 aliphatic rings. The number of nitrogens with one attached hydrogen (secondary N) is 1. The first-order chi connectivity index (χ1) is 16.3. The van der Waals surface area contributed by atoms with E-state index in [-0.39, 0.29) is 43.3 Å². The molecule has 2 atom stereocenters. The summed E-state index contributed by atoms with van der Waals surface area (Å²) in [6.45, 7) is 10.1. The summed E-state index contributed by atoms with van der Waals surface area (Å²) in [4.78, 5) is 40.5. The lowest BCUT2D eigenvalue weighted by molar-refractivity contribution is -0.140. The maximum Gasteiger partial charge on any atom is 0.336 e. The minimum atomic E-state index is -0.396. The van der Waals surface area contributed by atoms with Crippen molar-refractivity contribution in [2.75, 3.05) is 6.61 Å². The van der Waals surface area contributed by atoms with Crippen molar-refractivity contribution in [1.82, 2.24) is 10.2 Å². The molecule has 1 heterocycles. The highest BCUT2D eigenvalue weighted by Crippen LogP contribution is 2.38. The van der Waals surface area contributed by atoms with E-state index in [0.717, 1.165) is 23.1 Å². The molecule has 2 amide bonds. The van der Waals surface area contributed by atoms with Crippen molar-refractivity contribution in [3.8, 4) is 0 Å². The van der Waals surface area contributed by atoms with Gasteiger partial charge in [-0.2, -0.15) is 0 Å². The van der Waals surface area contributed by atoms with E-state index in [1.54, 1.807) is 30.9 Å². The lowest BCUT2D eigenvalue weighted by Gasteiger charge is -2.35. The molecule has 0 bridgehead atoms. The number of ether oxygens (including phenoxy) is 1. The zero-order chi connectivity index (χ0) is 24.8. The Morgan fingerprint density at radius 2 is 1.85 bits per heavy atom. The Morgan fingerprint density at radius 3 is 2.53 bits per heavy atom. The molecule has 0 fully saturated rings. The minimum Gasteiger partial charge on any atom is -0.463 e. The number of benzene rings is 2. The standard InChI is InChI=1S/C28H34N2O4/c1-6-19(4)29-27(32)22-13-10-12-21(15-22)17-30-20(5)26(28(33)34-7-2)24(16-25(30)31)23-14-9-8-11-18(23)3/h8-15,19,24H,6-7,16-17H2,1-5H3,(H,29,32). The fraction of sp³-hybridized carbons (Fsp3) is 0.393. The Balaban J connectivity index is 1.95. The van der Waals surface area contributed by atoms with Crippen LogP contribution in [0.15, 0.2) is 59.8 Å². The Hall–Kier alpha value is -3.41. The fourth-order valence-electron chi connectivity index (χ4n) is 4.32. The summed E-state index contributed by atoms with van der Waals surface area (Å²) >= 11 is 0. The van der Waals surface area contributed by atoms with Crippen molar-refractivity contribution in [2.24, 2.45) is 0 Å². The Morgan fingerprint density at radius 1 is 1.12 bits per heavy atom. The van der Waals surface area contributed by atoms with Gasteiger partial charge in [-0.1, -0.05) is 43.3 Å². The molecule has 1 aliphatic heterocycles. The highest BCUT2D eigenvalue weighted by atomic mass is 16.5. The van der Waals surface area contributed by atoms with Gasteiger partial charge < -0.3 is 15.0 Å². The Kier molecular flexibility index (Phi) is 8.26. The normalized spacial score (nSPS) is 16.9. The number of rotatable bonds is 8. The molecule has 6 nitrogen and oxygen atoms in total. The number of nitrogens with zero attached hydrogens (tertiary/aromatic N) is 1. The van der Waals surface area contributed by atoms with E-state index in [2.05, 4.69) is 5.32 Å². The van der Waals surface area contributed by atoms with E-state index in [9.17, 15) is 14.4 Å². The van der Waals surface area contributed by atoms with Gasteiger partial charge in [0.15, 0.2) is 0 Å². The zero-order valence-corrected chi connectivity index (χ0v) is 20.7. The van der Waals surface area contributed by atoms with Crippen LogP contribution in [-0.2, 0) is 20.9 Å². The van der Waals surface area contributed by atoms with Gasteiger partial charge >= 0.3 is 5.97 Å². The van der Waals surface area contributed by atoms with E-state index in [1.807, 2.05) is 57.2 Å². The number of allylic oxidation sites excluding steroid dienone is 1. The van der Waals surface area contributed by atoms with Gasteiger partial charge in [0.25, 0.3) is 5.91 Å². The third-order valence-corrected chi connectivity index (χ3v) is 6.40. The fourth-order valence-corrected chi connectivity index (χ4v) is 4.32. The number of carbonyl (C=O) groups is 3. The van der Waals surface area contributed by atoms with E-state index in [1.165, 1.54) is 0 Å². The summed E-state index contributed by atoms with van der Waals surface area (Å²) in [5.74, 6) is -0.947. The Labute approximate surface area is 202 Å². The molecular weight excluding hydrogens is 428 g/mol. The van der Waals surface area contributed by atoms with Crippen molar-refractivity contribution in [1.29, 1.82) is 0 Å². The van der Waals surface area contributed by atoms with Crippen LogP contribution in [0.1, 0.15) is 73.5 Å². The van der Waals surface area contributed by atoms with E-state index >= 15 is 0 Å². The maximum atomic E-state index is 13.3. The summed E-state index contributed by atoms with van der Waals surface area (Å²) in [7, 11) is 0. The Bertz CT molecular complexity index is 1110. The van der Waals surface area contributed by atoms with E-state index < -0.39 is 5.97 Å². The van der Waals surface area contributed by atoms with Crippen molar-refractivity contribution in [3.63, 3.8) is 0 Å². The lowest BCUT2D eigenvalue weighted by Crippen LogP contribution is -2.38. The monoisotopic (exact) mass is 462 g/mol. The van der Waals surface area contributed by atoms with Crippen LogP contribution >= 0.6 is 0 Å². The average molecular weight is 463 g/mol. The van der Waals surface area contributed by atoms with E-state index in [4.69, 9.17) is 4.74 Å². The smallest absolute Gasteiger partial charge is 0.336 e. The second-order valence-electron chi connectivity index (χ2n) is 8.80. The number of aryl methyl sites for hydroxylation is 1. The quantitative estimate of drug-likeness (QED) is 0.568. The predicted molar refractivity (Wildman–Crippen MR) is 132 cm³/mol. The largest absolute Gasteiger partial charge is 0.463 e. The third kappa shape index (κ3) is 5.56. The highest BCUT2D eigenvalue weighted by molar-refractivity contribution is 5.96. The van der Waals surface area contributed by atoms with Crippen LogP contribution in [0.2, 0.25) is 0 Å². The first kappa shape index (κ1) is 25.2. The summed E-state index contributed by atoms with van der Waals surface area (Å²) in [6.07, 6.45) is 1.03. The number of carbonyl (C=O) groups excluding carboxylic acids is 3. The van der Waals surface area contributed by atoms with Crippen molar-refractivity contribution in [3.05, 3.63) is 82.1 Å². The molecule has 0 aromatic heterocycles. The molecule has 0 saturated carbocycles. The molecule has 2 aromatic rings. The van der Waals surface area contributed by atoms with Crippen molar-refractivity contribution < 1.29 is 19.1 Å². The molecule has 180 valence electrons. The maximum absolute atomic E-state index is 13.3. The van der Waals surface area contributed by atoms with Gasteiger partial charge in [-0.15, -0.1) is 0 Å². The zero-order valence-electron chi connectivity index (χ0n) is 20.7. The summed E-state index contributed by atoms with van der Waals surface area (Å²) in [5.41, 5.74) is 4.47. The molecule has 34 heavy (non-hydrogen) atoms. The molecule has 6 heteroatoms. The second kappa shape index (κ2) is 11.1. The van der Waals surface area contributed by atoms with Crippen molar-refractivity contribution in [2.45, 2.75) is 66.0 Å². The topological polar surface area (TPSA) is 75.7 Å². The molecule has 0 saturated heterocycles. The molecule has 0 spiro atoms. The SMILES string of the molecule is CCOC(=O)C1=C(C)N(Cc2cccc(C(=O)NC(C)CC)c2)C(=O)CC1c1ccccc1C. The number of hydrogen-bond acceptors (Lipinski definition) is 4. The van der Waals surface area contributed by atoms with Crippen LogP contribution in [0.4, 0.5) is 0 Å². The average Bonchev–Trinajstić information content (AvgIpc) is 2.82. The summed E-state index contributed by atoms with van der Waals surface area (Å²) in [5, 5.41) is 2.97. The third-order valence-electron chi connectivity index (χ3n) is 6.40. The van der Waals surface area contributed by atoms with Crippen LogP contribution in [0.3, 0.4) is 0 Å². The molecule has 0 radical (unpaired) electrons. The van der Waals surface area contributed by atoms with Gasteiger partial charge in [0.1, 0.15) is 0 Å². The van der Waals surface area contributed by atoms with Gasteiger partial charge in [-0.05, 0) is 62.9 Å². The second-order valence-corrected chi connectivity index (χ2v) is 8.80.